The van der Waals surface area contributed by atoms with E-state index in [0.717, 1.165) is 3.57 Å². The van der Waals surface area contributed by atoms with Gasteiger partial charge in [0.25, 0.3) is 0 Å². The minimum atomic E-state index is -0.880. The van der Waals surface area contributed by atoms with Gasteiger partial charge in [0.1, 0.15) is 11.6 Å². The Hall–Kier alpha value is -0.720. The fourth-order valence-electron chi connectivity index (χ4n) is 1.84. The third kappa shape index (κ3) is 2.90. The highest BCUT2D eigenvalue weighted by Gasteiger charge is 2.20. The van der Waals surface area contributed by atoms with E-state index >= 15 is 0 Å². The number of hydrogen-bond acceptors (Lipinski definition) is 1. The van der Waals surface area contributed by atoms with Crippen LogP contribution in [0.4, 0.5) is 8.78 Å². The van der Waals surface area contributed by atoms with Gasteiger partial charge >= 0.3 is 0 Å². The van der Waals surface area contributed by atoms with Crippen LogP contribution in [0.15, 0.2) is 30.3 Å². The lowest BCUT2D eigenvalue weighted by atomic mass is 9.97. The van der Waals surface area contributed by atoms with Gasteiger partial charge in [0.05, 0.1) is 11.1 Å². The van der Waals surface area contributed by atoms with Crippen molar-refractivity contribution in [2.24, 2.45) is 5.73 Å². The van der Waals surface area contributed by atoms with E-state index in [2.05, 4.69) is 22.6 Å². The Morgan fingerprint density at radius 3 is 2.53 bits per heavy atom. The van der Waals surface area contributed by atoms with Crippen molar-refractivity contribution in [1.82, 2.24) is 0 Å². The first-order valence-corrected chi connectivity index (χ1v) is 7.02. The highest BCUT2D eigenvalue weighted by atomic mass is 127. The van der Waals surface area contributed by atoms with Gasteiger partial charge in [0, 0.05) is 9.13 Å². The molecule has 5 heteroatoms. The molecule has 0 aromatic heterocycles. The molecule has 1 atom stereocenters. The van der Waals surface area contributed by atoms with Crippen molar-refractivity contribution in [1.29, 1.82) is 0 Å². The minimum Gasteiger partial charge on any atom is -0.320 e. The van der Waals surface area contributed by atoms with E-state index < -0.39 is 17.7 Å². The first-order chi connectivity index (χ1) is 8.91. The molecule has 0 aliphatic carbocycles. The van der Waals surface area contributed by atoms with Crippen LogP contribution in [-0.4, -0.2) is 0 Å². The van der Waals surface area contributed by atoms with Crippen LogP contribution < -0.4 is 5.73 Å². The molecule has 0 bridgehead atoms. The van der Waals surface area contributed by atoms with Gasteiger partial charge in [-0.3, -0.25) is 0 Å². The second kappa shape index (κ2) is 5.73. The highest BCUT2D eigenvalue weighted by Crippen LogP contribution is 2.29. The van der Waals surface area contributed by atoms with Gasteiger partial charge in [0.15, 0.2) is 0 Å². The molecule has 1 unspecified atom stereocenters. The van der Waals surface area contributed by atoms with Crippen molar-refractivity contribution in [3.05, 3.63) is 67.2 Å². The predicted octanol–water partition coefficient (Wildman–Crippen LogP) is 4.58. The van der Waals surface area contributed by atoms with Gasteiger partial charge in [-0.2, -0.15) is 0 Å². The van der Waals surface area contributed by atoms with Crippen molar-refractivity contribution in [2.75, 3.05) is 0 Å². The summed E-state index contributed by atoms with van der Waals surface area (Å²) in [5.41, 5.74) is 6.78. The lowest BCUT2D eigenvalue weighted by Crippen LogP contribution is -2.16. The van der Waals surface area contributed by atoms with Crippen LogP contribution in [0.1, 0.15) is 22.7 Å². The Morgan fingerprint density at radius 1 is 1.21 bits per heavy atom. The van der Waals surface area contributed by atoms with Crippen molar-refractivity contribution in [3.8, 4) is 0 Å². The molecule has 0 saturated heterocycles. The van der Waals surface area contributed by atoms with Crippen molar-refractivity contribution < 1.29 is 8.78 Å². The van der Waals surface area contributed by atoms with E-state index in [9.17, 15) is 8.78 Å². The third-order valence-corrected chi connectivity index (χ3v) is 4.51. The van der Waals surface area contributed by atoms with Crippen molar-refractivity contribution in [2.45, 2.75) is 13.0 Å². The SMILES string of the molecule is Cc1ccc(F)c(C(N)c2ccc(I)c(Cl)c2)c1F. The molecule has 0 amide bonds. The summed E-state index contributed by atoms with van der Waals surface area (Å²) in [5, 5.41) is 0.516. The van der Waals surface area contributed by atoms with E-state index in [1.54, 1.807) is 25.1 Å². The number of nitrogens with two attached hydrogens (primary N) is 1. The van der Waals surface area contributed by atoms with E-state index in [1.165, 1.54) is 12.1 Å². The zero-order chi connectivity index (χ0) is 14.2. The molecule has 2 N–H and O–H groups in total. The lowest BCUT2D eigenvalue weighted by molar-refractivity contribution is 0.538. The molecule has 2 aromatic carbocycles. The summed E-state index contributed by atoms with van der Waals surface area (Å²) in [6, 6.07) is 6.86. The number of benzene rings is 2. The van der Waals surface area contributed by atoms with Gasteiger partial charge in [0.2, 0.25) is 0 Å². The summed E-state index contributed by atoms with van der Waals surface area (Å²) >= 11 is 8.08. The summed E-state index contributed by atoms with van der Waals surface area (Å²) in [5.74, 6) is -1.26. The van der Waals surface area contributed by atoms with Gasteiger partial charge in [-0.25, -0.2) is 8.78 Å². The van der Waals surface area contributed by atoms with E-state index in [0.29, 0.717) is 16.1 Å². The summed E-state index contributed by atoms with van der Waals surface area (Å²) in [6.45, 7) is 1.58. The monoisotopic (exact) mass is 393 g/mol. The largest absolute Gasteiger partial charge is 0.320 e. The first-order valence-electron chi connectivity index (χ1n) is 5.57. The molecule has 19 heavy (non-hydrogen) atoms. The standard InChI is InChI=1S/C14H11ClF2IN/c1-7-2-4-10(16)12(13(7)17)14(19)8-3-5-11(18)9(15)6-8/h2-6,14H,19H2,1H3. The zero-order valence-electron chi connectivity index (χ0n) is 10.1. The Balaban J connectivity index is 2.52. The van der Waals surface area contributed by atoms with Crippen LogP contribution in [0.3, 0.4) is 0 Å². The summed E-state index contributed by atoms with van der Waals surface area (Å²) in [7, 11) is 0. The quantitative estimate of drug-likeness (QED) is 0.743. The van der Waals surface area contributed by atoms with E-state index in [-0.39, 0.29) is 5.56 Å². The molecular weight excluding hydrogens is 383 g/mol. The minimum absolute atomic E-state index is 0.128. The Morgan fingerprint density at radius 2 is 1.89 bits per heavy atom. The number of aryl methyl sites for hydroxylation is 1. The van der Waals surface area contributed by atoms with Crippen LogP contribution >= 0.6 is 34.2 Å². The van der Waals surface area contributed by atoms with Gasteiger partial charge in [-0.1, -0.05) is 23.7 Å². The van der Waals surface area contributed by atoms with Crippen LogP contribution in [0.5, 0.6) is 0 Å². The van der Waals surface area contributed by atoms with Crippen LogP contribution in [0.2, 0.25) is 5.02 Å². The first kappa shape index (κ1) is 14.7. The molecule has 0 aliphatic heterocycles. The predicted molar refractivity (Wildman–Crippen MR) is 81.3 cm³/mol. The maximum Gasteiger partial charge on any atom is 0.134 e. The second-order valence-electron chi connectivity index (χ2n) is 4.24. The van der Waals surface area contributed by atoms with Gasteiger partial charge < -0.3 is 5.73 Å². The van der Waals surface area contributed by atoms with Crippen molar-refractivity contribution >= 4 is 34.2 Å². The average Bonchev–Trinajstić information content (AvgIpc) is 2.37. The molecule has 0 aliphatic rings. The molecule has 100 valence electrons. The molecule has 0 spiro atoms. The highest BCUT2D eigenvalue weighted by molar-refractivity contribution is 14.1. The topological polar surface area (TPSA) is 26.0 Å². The molecule has 2 aromatic rings. The number of halogens is 4. The maximum atomic E-state index is 14.0. The lowest BCUT2D eigenvalue weighted by Gasteiger charge is -2.16. The maximum absolute atomic E-state index is 14.0. The van der Waals surface area contributed by atoms with Gasteiger partial charge in [-0.05, 0) is 58.8 Å². The van der Waals surface area contributed by atoms with Crippen molar-refractivity contribution in [3.63, 3.8) is 0 Å². The molecular formula is C14H11ClF2IN. The normalized spacial score (nSPS) is 12.5. The molecule has 2 rings (SSSR count). The average molecular weight is 394 g/mol. The zero-order valence-corrected chi connectivity index (χ0v) is 13.0. The Labute approximate surface area is 128 Å². The number of hydrogen-bond donors (Lipinski definition) is 1. The molecule has 0 radical (unpaired) electrons. The van der Waals surface area contributed by atoms with Crippen LogP contribution in [0, 0.1) is 22.1 Å². The summed E-state index contributed by atoms with van der Waals surface area (Å²) in [4.78, 5) is 0. The summed E-state index contributed by atoms with van der Waals surface area (Å²) < 4.78 is 28.7. The van der Waals surface area contributed by atoms with Crippen LogP contribution in [-0.2, 0) is 0 Å². The smallest absolute Gasteiger partial charge is 0.134 e. The Bertz CT molecular complexity index is 631. The van der Waals surface area contributed by atoms with E-state index in [4.69, 9.17) is 17.3 Å². The fraction of sp³-hybridized carbons (Fsp3) is 0.143. The molecule has 1 nitrogen and oxygen atoms in total. The molecule has 0 fully saturated rings. The molecule has 0 heterocycles. The third-order valence-electron chi connectivity index (χ3n) is 2.93. The molecule has 0 saturated carbocycles. The Kier molecular flexibility index (Phi) is 4.43. The van der Waals surface area contributed by atoms with Gasteiger partial charge in [-0.15, -0.1) is 0 Å². The van der Waals surface area contributed by atoms with Crippen LogP contribution in [0.25, 0.3) is 0 Å². The number of rotatable bonds is 2. The fourth-order valence-corrected chi connectivity index (χ4v) is 2.36. The summed E-state index contributed by atoms with van der Waals surface area (Å²) in [6.07, 6.45) is 0. The second-order valence-corrected chi connectivity index (χ2v) is 5.81. The van der Waals surface area contributed by atoms with E-state index in [1.807, 2.05) is 0 Å².